The van der Waals surface area contributed by atoms with Gasteiger partial charge >= 0.3 is 0 Å². The lowest BCUT2D eigenvalue weighted by molar-refractivity contribution is 0.0307. The maximum Gasteiger partial charge on any atom is 0.256 e. The van der Waals surface area contributed by atoms with Crippen LogP contribution >= 0.6 is 11.8 Å². The van der Waals surface area contributed by atoms with Crippen LogP contribution in [0.4, 0.5) is 0 Å². The molecule has 2 N–H and O–H groups in total. The molecular weight excluding hydrogens is 274 g/mol. The number of benzene rings is 1. The lowest BCUT2D eigenvalue weighted by Crippen LogP contribution is -2.18. The second-order valence-electron chi connectivity index (χ2n) is 4.74. The maximum atomic E-state index is 5.76. The third-order valence-corrected chi connectivity index (χ3v) is 4.18. The van der Waals surface area contributed by atoms with Crippen molar-refractivity contribution in [3.63, 3.8) is 0 Å². The molecule has 0 spiro atoms. The average Bonchev–Trinajstić information content (AvgIpc) is 3.16. The minimum Gasteiger partial charge on any atom is -0.364 e. The Labute approximate surface area is 121 Å². The lowest BCUT2D eigenvalue weighted by Gasteiger charge is -2.07. The van der Waals surface area contributed by atoms with E-state index in [1.165, 1.54) is 4.90 Å². The number of hydrogen-bond donors (Lipinski definition) is 1. The molecule has 106 valence electrons. The monoisotopic (exact) mass is 291 g/mol. The molecule has 1 aromatic carbocycles. The number of nitrogens with two attached hydrogens (primary N) is 1. The summed E-state index contributed by atoms with van der Waals surface area (Å²) in [6, 6.07) is 8.09. The van der Waals surface area contributed by atoms with Gasteiger partial charge in [0.05, 0.1) is 6.10 Å². The van der Waals surface area contributed by atoms with Crippen LogP contribution in [0.25, 0.3) is 11.4 Å². The summed E-state index contributed by atoms with van der Waals surface area (Å²) in [4.78, 5) is 5.65. The van der Waals surface area contributed by atoms with Gasteiger partial charge in [-0.2, -0.15) is 4.98 Å². The number of aromatic nitrogens is 2. The normalized spacial score (nSPS) is 22.3. The molecule has 0 radical (unpaired) electrons. The average molecular weight is 291 g/mol. The first kappa shape index (κ1) is 13.6. The molecule has 2 heterocycles. The molecule has 1 fully saturated rings. The van der Waals surface area contributed by atoms with Crippen LogP contribution in [-0.4, -0.2) is 29.0 Å². The second kappa shape index (κ2) is 5.95. The molecule has 5 nitrogen and oxygen atoms in total. The van der Waals surface area contributed by atoms with Gasteiger partial charge in [0.25, 0.3) is 5.89 Å². The minimum absolute atomic E-state index is 0.108. The van der Waals surface area contributed by atoms with E-state index in [9.17, 15) is 0 Å². The molecule has 0 bridgehead atoms. The van der Waals surface area contributed by atoms with Gasteiger partial charge in [-0.3, -0.25) is 0 Å². The van der Waals surface area contributed by atoms with Gasteiger partial charge in [0.1, 0.15) is 6.10 Å². The van der Waals surface area contributed by atoms with Crippen molar-refractivity contribution in [2.24, 2.45) is 5.73 Å². The van der Waals surface area contributed by atoms with Crippen LogP contribution in [-0.2, 0) is 4.74 Å². The van der Waals surface area contributed by atoms with E-state index in [-0.39, 0.29) is 12.2 Å². The number of thioether (sulfide) groups is 1. The van der Waals surface area contributed by atoms with E-state index in [1.807, 2.05) is 30.5 Å². The summed E-state index contributed by atoms with van der Waals surface area (Å²) in [5, 5.41) is 4.03. The molecule has 3 rings (SSSR count). The van der Waals surface area contributed by atoms with Gasteiger partial charge in [-0.25, -0.2) is 0 Å². The van der Waals surface area contributed by atoms with Crippen molar-refractivity contribution in [1.29, 1.82) is 0 Å². The molecule has 0 amide bonds. The highest BCUT2D eigenvalue weighted by atomic mass is 32.2. The number of rotatable bonds is 4. The van der Waals surface area contributed by atoms with Gasteiger partial charge in [-0.15, -0.1) is 11.8 Å². The summed E-state index contributed by atoms with van der Waals surface area (Å²) in [5.41, 5.74) is 6.55. The molecule has 1 aliphatic rings. The number of hydrogen-bond acceptors (Lipinski definition) is 6. The van der Waals surface area contributed by atoms with E-state index in [0.29, 0.717) is 18.3 Å². The minimum atomic E-state index is -0.115. The van der Waals surface area contributed by atoms with Crippen molar-refractivity contribution in [2.75, 3.05) is 12.8 Å². The summed E-state index contributed by atoms with van der Waals surface area (Å²) >= 11 is 1.70. The number of ether oxygens (including phenoxy) is 1. The standard InChI is InChI=1S/C14H17N3O2S/c1-20-11-5-2-9(3-6-11)13-16-14(19-17-13)12-7-4-10(8-15)18-12/h2-3,5-6,10,12H,4,7-8,15H2,1H3. The molecule has 2 atom stereocenters. The molecular formula is C14H17N3O2S. The number of nitrogens with zero attached hydrogens (tertiary/aromatic N) is 2. The van der Waals surface area contributed by atoms with Gasteiger partial charge in [-0.05, 0) is 43.4 Å². The Morgan fingerprint density at radius 3 is 2.75 bits per heavy atom. The van der Waals surface area contributed by atoms with Crippen molar-refractivity contribution in [2.45, 2.75) is 29.9 Å². The van der Waals surface area contributed by atoms with Crippen LogP contribution in [0.3, 0.4) is 0 Å². The van der Waals surface area contributed by atoms with Crippen LogP contribution in [0.5, 0.6) is 0 Å². The molecule has 1 saturated heterocycles. The Balaban J connectivity index is 1.76. The van der Waals surface area contributed by atoms with Gasteiger partial charge < -0.3 is 15.0 Å². The predicted octanol–water partition coefficient (Wildman–Crippen LogP) is 2.64. The first-order valence-corrected chi connectivity index (χ1v) is 7.86. The van der Waals surface area contributed by atoms with Gasteiger partial charge in [0.15, 0.2) is 0 Å². The molecule has 2 aromatic rings. The van der Waals surface area contributed by atoms with Crippen molar-refractivity contribution in [3.05, 3.63) is 30.2 Å². The fraction of sp³-hybridized carbons (Fsp3) is 0.429. The Bertz CT molecular complexity index is 570. The summed E-state index contributed by atoms with van der Waals surface area (Å²) < 4.78 is 11.1. The Hall–Kier alpha value is -1.37. The third kappa shape index (κ3) is 2.72. The smallest absolute Gasteiger partial charge is 0.256 e. The summed E-state index contributed by atoms with van der Waals surface area (Å²) in [6.07, 6.45) is 3.87. The van der Waals surface area contributed by atoms with Crippen LogP contribution in [0.1, 0.15) is 24.8 Å². The zero-order valence-corrected chi connectivity index (χ0v) is 12.1. The SMILES string of the molecule is CSc1ccc(-c2noc(C3CCC(CN)O3)n2)cc1. The molecule has 2 unspecified atom stereocenters. The van der Waals surface area contributed by atoms with Gasteiger partial charge in [0.2, 0.25) is 5.82 Å². The van der Waals surface area contributed by atoms with Crippen molar-refractivity contribution in [1.82, 2.24) is 10.1 Å². The third-order valence-electron chi connectivity index (χ3n) is 3.44. The fourth-order valence-corrected chi connectivity index (χ4v) is 2.69. The van der Waals surface area contributed by atoms with E-state index in [0.717, 1.165) is 18.4 Å². The predicted molar refractivity (Wildman–Crippen MR) is 77.4 cm³/mol. The fourth-order valence-electron chi connectivity index (χ4n) is 2.28. The first-order valence-electron chi connectivity index (χ1n) is 6.63. The Morgan fingerprint density at radius 2 is 2.10 bits per heavy atom. The summed E-state index contributed by atoms with van der Waals surface area (Å²) in [7, 11) is 0. The molecule has 0 aliphatic carbocycles. The van der Waals surface area contributed by atoms with Gasteiger partial charge in [-0.1, -0.05) is 5.16 Å². The lowest BCUT2D eigenvalue weighted by atomic mass is 10.2. The second-order valence-corrected chi connectivity index (χ2v) is 5.62. The van der Waals surface area contributed by atoms with E-state index < -0.39 is 0 Å². The summed E-state index contributed by atoms with van der Waals surface area (Å²) in [6.45, 7) is 0.535. The van der Waals surface area contributed by atoms with E-state index in [1.54, 1.807) is 11.8 Å². The highest BCUT2D eigenvalue weighted by molar-refractivity contribution is 7.98. The quantitative estimate of drug-likeness (QED) is 0.873. The van der Waals surface area contributed by atoms with Crippen LogP contribution < -0.4 is 5.73 Å². The van der Waals surface area contributed by atoms with E-state index >= 15 is 0 Å². The maximum absolute atomic E-state index is 5.76. The van der Waals surface area contributed by atoms with Crippen molar-refractivity contribution >= 4 is 11.8 Å². The Kier molecular flexibility index (Phi) is 4.05. The Morgan fingerprint density at radius 1 is 1.30 bits per heavy atom. The highest BCUT2D eigenvalue weighted by Gasteiger charge is 2.29. The van der Waals surface area contributed by atoms with Crippen molar-refractivity contribution < 1.29 is 9.26 Å². The summed E-state index contributed by atoms with van der Waals surface area (Å²) in [5.74, 6) is 1.15. The van der Waals surface area contributed by atoms with Gasteiger partial charge in [0, 0.05) is 17.0 Å². The largest absolute Gasteiger partial charge is 0.364 e. The molecule has 1 aliphatic heterocycles. The molecule has 0 saturated carbocycles. The zero-order valence-electron chi connectivity index (χ0n) is 11.3. The van der Waals surface area contributed by atoms with E-state index in [4.69, 9.17) is 15.0 Å². The zero-order chi connectivity index (χ0) is 13.9. The van der Waals surface area contributed by atoms with E-state index in [2.05, 4.69) is 10.1 Å². The molecule has 6 heteroatoms. The first-order chi connectivity index (χ1) is 9.80. The van der Waals surface area contributed by atoms with Crippen LogP contribution in [0, 0.1) is 0 Å². The highest BCUT2D eigenvalue weighted by Crippen LogP contribution is 2.32. The molecule has 1 aromatic heterocycles. The van der Waals surface area contributed by atoms with Crippen LogP contribution in [0.2, 0.25) is 0 Å². The topological polar surface area (TPSA) is 74.2 Å². The molecule has 20 heavy (non-hydrogen) atoms. The van der Waals surface area contributed by atoms with Crippen molar-refractivity contribution in [3.8, 4) is 11.4 Å². The van der Waals surface area contributed by atoms with Crippen LogP contribution in [0.15, 0.2) is 33.7 Å².